The number of pyridine rings is 1. The number of carboxylic acids is 1. The molecule has 1 aliphatic rings. The lowest BCUT2D eigenvalue weighted by Gasteiger charge is -2.29. The van der Waals surface area contributed by atoms with Crippen molar-refractivity contribution in [2.45, 2.75) is 38.6 Å². The maximum absolute atomic E-state index is 10.7. The third-order valence-corrected chi connectivity index (χ3v) is 3.55. The van der Waals surface area contributed by atoms with Crippen LogP contribution in [0.2, 0.25) is 0 Å². The van der Waals surface area contributed by atoms with Crippen LogP contribution in [0.5, 0.6) is 0 Å². The molecular formula is C15H20N2O2. The molecule has 1 saturated heterocycles. The molecule has 2 heterocycles. The Balaban J connectivity index is 2.29. The first-order valence-corrected chi connectivity index (χ1v) is 6.81. The number of carbonyl (C=O) groups is 1. The van der Waals surface area contributed by atoms with Crippen molar-refractivity contribution in [3.8, 4) is 0 Å². The molecule has 0 spiro atoms. The molecule has 4 heteroatoms. The van der Waals surface area contributed by atoms with Crippen molar-refractivity contribution in [1.82, 2.24) is 4.98 Å². The lowest BCUT2D eigenvalue weighted by molar-refractivity contribution is -0.131. The molecule has 1 aromatic rings. The Hall–Kier alpha value is -1.84. The van der Waals surface area contributed by atoms with Crippen LogP contribution >= 0.6 is 0 Å². The number of anilines is 1. The summed E-state index contributed by atoms with van der Waals surface area (Å²) in [7, 11) is 0. The fourth-order valence-corrected chi connectivity index (χ4v) is 2.53. The van der Waals surface area contributed by atoms with Crippen molar-refractivity contribution in [3.05, 3.63) is 30.0 Å². The molecular weight excluding hydrogens is 240 g/mol. The number of hydrogen-bond donors (Lipinski definition) is 1. The van der Waals surface area contributed by atoms with Crippen LogP contribution in [0, 0.1) is 0 Å². The SMILES string of the molecule is CC1CCCCCN1c1ncccc1/C=C/C(=O)O. The second-order valence-corrected chi connectivity index (χ2v) is 4.98. The van der Waals surface area contributed by atoms with Crippen LogP contribution in [0.3, 0.4) is 0 Å². The minimum Gasteiger partial charge on any atom is -0.478 e. The van der Waals surface area contributed by atoms with E-state index >= 15 is 0 Å². The quantitative estimate of drug-likeness (QED) is 0.849. The fourth-order valence-electron chi connectivity index (χ4n) is 2.53. The zero-order chi connectivity index (χ0) is 13.7. The van der Waals surface area contributed by atoms with E-state index in [1.807, 2.05) is 12.1 Å². The van der Waals surface area contributed by atoms with Gasteiger partial charge < -0.3 is 10.0 Å². The normalized spacial score (nSPS) is 20.5. The van der Waals surface area contributed by atoms with Crippen LogP contribution in [0.1, 0.15) is 38.2 Å². The fraction of sp³-hybridized carbons (Fsp3) is 0.467. The van der Waals surface area contributed by atoms with E-state index in [9.17, 15) is 4.79 Å². The van der Waals surface area contributed by atoms with Gasteiger partial charge in [-0.25, -0.2) is 9.78 Å². The van der Waals surface area contributed by atoms with E-state index in [-0.39, 0.29) is 0 Å². The zero-order valence-electron chi connectivity index (χ0n) is 11.2. The van der Waals surface area contributed by atoms with E-state index in [1.54, 1.807) is 12.3 Å². The van der Waals surface area contributed by atoms with E-state index in [0.29, 0.717) is 6.04 Å². The summed E-state index contributed by atoms with van der Waals surface area (Å²) in [5.74, 6) is -0.0342. The van der Waals surface area contributed by atoms with Crippen molar-refractivity contribution >= 4 is 17.9 Å². The van der Waals surface area contributed by atoms with Gasteiger partial charge in [0.25, 0.3) is 0 Å². The number of hydrogen-bond acceptors (Lipinski definition) is 3. The summed E-state index contributed by atoms with van der Waals surface area (Å²) in [6.45, 7) is 3.21. The Labute approximate surface area is 113 Å². The second kappa shape index (κ2) is 6.36. The highest BCUT2D eigenvalue weighted by atomic mass is 16.4. The summed E-state index contributed by atoms with van der Waals surface area (Å²) in [6.07, 6.45) is 9.41. The summed E-state index contributed by atoms with van der Waals surface area (Å²) < 4.78 is 0. The molecule has 1 aromatic heterocycles. The van der Waals surface area contributed by atoms with Gasteiger partial charge in [-0.2, -0.15) is 0 Å². The Morgan fingerprint density at radius 1 is 1.47 bits per heavy atom. The summed E-state index contributed by atoms with van der Waals surface area (Å²) >= 11 is 0. The first kappa shape index (κ1) is 13.6. The second-order valence-electron chi connectivity index (χ2n) is 4.98. The molecule has 1 N–H and O–H groups in total. The molecule has 102 valence electrons. The van der Waals surface area contributed by atoms with E-state index < -0.39 is 5.97 Å². The molecule has 4 nitrogen and oxygen atoms in total. The van der Waals surface area contributed by atoms with Crippen LogP contribution < -0.4 is 4.90 Å². The Kier molecular flexibility index (Phi) is 4.55. The van der Waals surface area contributed by atoms with Gasteiger partial charge in [0.1, 0.15) is 5.82 Å². The van der Waals surface area contributed by atoms with E-state index in [0.717, 1.165) is 17.9 Å². The van der Waals surface area contributed by atoms with Crippen molar-refractivity contribution < 1.29 is 9.90 Å². The van der Waals surface area contributed by atoms with Gasteiger partial charge in [-0.15, -0.1) is 0 Å². The minimum atomic E-state index is -0.932. The summed E-state index contributed by atoms with van der Waals surface area (Å²) in [6, 6.07) is 4.21. The smallest absolute Gasteiger partial charge is 0.328 e. The number of aromatic nitrogens is 1. The Morgan fingerprint density at radius 2 is 2.32 bits per heavy atom. The summed E-state index contributed by atoms with van der Waals surface area (Å²) in [5, 5.41) is 8.75. The topological polar surface area (TPSA) is 53.4 Å². The molecule has 1 atom stereocenters. The molecule has 0 amide bonds. The Morgan fingerprint density at radius 3 is 3.11 bits per heavy atom. The number of carboxylic acid groups (broad SMARTS) is 1. The van der Waals surface area contributed by atoms with Crippen LogP contribution in [-0.2, 0) is 4.79 Å². The van der Waals surface area contributed by atoms with Crippen LogP contribution in [0.15, 0.2) is 24.4 Å². The number of aliphatic carboxylic acids is 1. The van der Waals surface area contributed by atoms with E-state index in [2.05, 4.69) is 16.8 Å². The Bertz CT molecular complexity index is 471. The molecule has 0 aromatic carbocycles. The number of nitrogens with zero attached hydrogens (tertiary/aromatic N) is 2. The molecule has 2 rings (SSSR count). The highest BCUT2D eigenvalue weighted by molar-refractivity contribution is 5.86. The van der Waals surface area contributed by atoms with Crippen molar-refractivity contribution in [2.24, 2.45) is 0 Å². The van der Waals surface area contributed by atoms with Crippen molar-refractivity contribution in [2.75, 3.05) is 11.4 Å². The van der Waals surface area contributed by atoms with Gasteiger partial charge in [-0.1, -0.05) is 12.8 Å². The van der Waals surface area contributed by atoms with Gasteiger partial charge in [0.15, 0.2) is 0 Å². The van der Waals surface area contributed by atoms with Gasteiger partial charge in [-0.3, -0.25) is 0 Å². The van der Waals surface area contributed by atoms with Gasteiger partial charge in [0, 0.05) is 30.4 Å². The lowest BCUT2D eigenvalue weighted by Crippen LogP contribution is -2.33. The molecule has 19 heavy (non-hydrogen) atoms. The largest absolute Gasteiger partial charge is 0.478 e. The van der Waals surface area contributed by atoms with Crippen LogP contribution in [0.4, 0.5) is 5.82 Å². The van der Waals surface area contributed by atoms with Crippen molar-refractivity contribution in [3.63, 3.8) is 0 Å². The average Bonchev–Trinajstić information content (AvgIpc) is 2.61. The first-order chi connectivity index (χ1) is 9.18. The molecule has 0 radical (unpaired) electrons. The minimum absolute atomic E-state index is 0.453. The van der Waals surface area contributed by atoms with Gasteiger partial charge in [0.05, 0.1) is 0 Å². The predicted octanol–water partition coefficient (Wildman–Crippen LogP) is 2.95. The molecule has 0 bridgehead atoms. The third kappa shape index (κ3) is 3.56. The molecule has 1 unspecified atom stereocenters. The van der Waals surface area contributed by atoms with Crippen molar-refractivity contribution in [1.29, 1.82) is 0 Å². The standard InChI is InChI=1S/C15H20N2O2/c1-12-6-3-2-4-11-17(12)15-13(7-5-10-16-15)8-9-14(18)19/h5,7-10,12H,2-4,6,11H2,1H3,(H,18,19)/b9-8+. The summed E-state index contributed by atoms with van der Waals surface area (Å²) in [5.41, 5.74) is 0.874. The van der Waals surface area contributed by atoms with E-state index in [1.165, 1.54) is 31.8 Å². The zero-order valence-corrected chi connectivity index (χ0v) is 11.2. The third-order valence-electron chi connectivity index (χ3n) is 3.55. The van der Waals surface area contributed by atoms with Crippen LogP contribution in [-0.4, -0.2) is 28.6 Å². The van der Waals surface area contributed by atoms with Gasteiger partial charge in [-0.05, 0) is 38.0 Å². The maximum Gasteiger partial charge on any atom is 0.328 e. The summed E-state index contributed by atoms with van der Waals surface area (Å²) in [4.78, 5) is 17.4. The predicted molar refractivity (Wildman–Crippen MR) is 76.2 cm³/mol. The average molecular weight is 260 g/mol. The van der Waals surface area contributed by atoms with Gasteiger partial charge in [0.2, 0.25) is 0 Å². The number of rotatable bonds is 3. The molecule has 1 aliphatic heterocycles. The van der Waals surface area contributed by atoms with Crippen LogP contribution in [0.25, 0.3) is 6.08 Å². The molecule has 1 fully saturated rings. The van der Waals surface area contributed by atoms with Gasteiger partial charge >= 0.3 is 5.97 Å². The molecule has 0 aliphatic carbocycles. The van der Waals surface area contributed by atoms with E-state index in [4.69, 9.17) is 5.11 Å². The first-order valence-electron chi connectivity index (χ1n) is 6.81. The monoisotopic (exact) mass is 260 g/mol. The lowest BCUT2D eigenvalue weighted by atomic mass is 10.1. The highest BCUT2D eigenvalue weighted by Gasteiger charge is 2.19. The molecule has 0 saturated carbocycles. The maximum atomic E-state index is 10.7. The highest BCUT2D eigenvalue weighted by Crippen LogP contribution is 2.25.